The summed E-state index contributed by atoms with van der Waals surface area (Å²) in [7, 11) is 0. The number of hydrogen-bond acceptors (Lipinski definition) is 3. The Morgan fingerprint density at radius 1 is 1.38 bits per heavy atom. The van der Waals surface area contributed by atoms with Crippen LogP contribution in [-0.4, -0.2) is 26.4 Å². The fourth-order valence-electron chi connectivity index (χ4n) is 2.11. The highest BCUT2D eigenvalue weighted by Crippen LogP contribution is 2.24. The Morgan fingerprint density at radius 2 is 2.05 bits per heavy atom. The molecule has 0 saturated carbocycles. The van der Waals surface area contributed by atoms with Gasteiger partial charge in [0.2, 0.25) is 0 Å². The number of hydrogen-bond donors (Lipinski definition) is 2. The number of aromatic nitrogens is 2. The molecule has 1 heterocycles. The van der Waals surface area contributed by atoms with Crippen LogP contribution in [0.3, 0.4) is 0 Å². The Bertz CT molecular complexity index is 619. The van der Waals surface area contributed by atoms with Gasteiger partial charge in [0.25, 0.3) is 0 Å². The quantitative estimate of drug-likeness (QED) is 0.762. The normalized spacial score (nSPS) is 16.0. The van der Waals surface area contributed by atoms with E-state index in [9.17, 15) is 10.2 Å². The summed E-state index contributed by atoms with van der Waals surface area (Å²) >= 11 is 2.26. The number of rotatable bonds is 5. The second kappa shape index (κ2) is 6.72. The van der Waals surface area contributed by atoms with E-state index in [0.29, 0.717) is 5.82 Å². The van der Waals surface area contributed by atoms with Crippen molar-refractivity contribution in [3.63, 3.8) is 0 Å². The van der Waals surface area contributed by atoms with Crippen molar-refractivity contribution in [2.75, 3.05) is 6.61 Å². The zero-order chi connectivity index (χ0) is 15.5. The lowest BCUT2D eigenvalue weighted by atomic mass is 10.0. The molecular weight excluding hydrogens is 379 g/mol. The summed E-state index contributed by atoms with van der Waals surface area (Å²) < 4.78 is 2.99. The lowest BCUT2D eigenvalue weighted by Gasteiger charge is -2.28. The maximum absolute atomic E-state index is 9.80. The van der Waals surface area contributed by atoms with Gasteiger partial charge >= 0.3 is 0 Å². The van der Waals surface area contributed by atoms with Gasteiger partial charge in [0.1, 0.15) is 11.9 Å². The molecule has 0 spiro atoms. The molecule has 0 amide bonds. The molecule has 4 nitrogen and oxygen atoms in total. The average Bonchev–Trinajstić information content (AvgIpc) is 2.97. The average molecular weight is 398 g/mol. The van der Waals surface area contributed by atoms with Gasteiger partial charge in [-0.05, 0) is 54.1 Å². The Kier molecular flexibility index (Phi) is 5.18. The van der Waals surface area contributed by atoms with E-state index in [1.54, 1.807) is 23.9 Å². The fourth-order valence-corrected chi connectivity index (χ4v) is 2.47. The van der Waals surface area contributed by atoms with Crippen LogP contribution < -0.4 is 0 Å². The molecule has 2 rings (SSSR count). The van der Waals surface area contributed by atoms with Crippen LogP contribution in [0.15, 0.2) is 42.7 Å². The maximum atomic E-state index is 9.80. The minimum atomic E-state index is -0.683. The lowest BCUT2D eigenvalue weighted by molar-refractivity contribution is 0.151. The summed E-state index contributed by atoms with van der Waals surface area (Å²) in [5, 5.41) is 19.6. The number of nitrogens with zero attached hydrogens (tertiary/aromatic N) is 2. The first-order chi connectivity index (χ1) is 9.96. The number of aliphatic hydroxyl groups excluding tert-OH is 2. The first-order valence-corrected chi connectivity index (χ1v) is 7.81. The molecule has 0 bridgehead atoms. The van der Waals surface area contributed by atoms with Gasteiger partial charge in [-0.15, -0.1) is 0 Å². The van der Waals surface area contributed by atoms with E-state index in [4.69, 9.17) is 0 Å². The van der Waals surface area contributed by atoms with E-state index in [1.165, 1.54) is 3.57 Å². The first-order valence-electron chi connectivity index (χ1n) is 6.74. The minimum Gasteiger partial charge on any atom is -0.394 e. The summed E-state index contributed by atoms with van der Waals surface area (Å²) in [4.78, 5) is 4.16. The van der Waals surface area contributed by atoms with E-state index in [2.05, 4.69) is 27.6 Å². The Labute approximate surface area is 138 Å². The molecule has 0 saturated heterocycles. The van der Waals surface area contributed by atoms with Gasteiger partial charge in [0.05, 0.1) is 12.1 Å². The van der Waals surface area contributed by atoms with Crippen LogP contribution in [0.4, 0.5) is 0 Å². The monoisotopic (exact) mass is 398 g/mol. The van der Waals surface area contributed by atoms with Crippen LogP contribution in [-0.2, 0) is 5.54 Å². The lowest BCUT2D eigenvalue weighted by Crippen LogP contribution is -2.33. The van der Waals surface area contributed by atoms with Crippen LogP contribution >= 0.6 is 22.6 Å². The molecule has 0 aliphatic rings. The van der Waals surface area contributed by atoms with Crippen LogP contribution in [0.1, 0.15) is 31.3 Å². The largest absolute Gasteiger partial charge is 0.394 e. The van der Waals surface area contributed by atoms with E-state index < -0.39 is 11.6 Å². The predicted octanol–water partition coefficient (Wildman–Crippen LogP) is 2.96. The Hall–Kier alpha value is -1.18. The van der Waals surface area contributed by atoms with Crippen molar-refractivity contribution in [3.8, 4) is 0 Å². The molecule has 1 unspecified atom stereocenters. The van der Waals surface area contributed by atoms with Crippen molar-refractivity contribution in [2.24, 2.45) is 0 Å². The Balaban J connectivity index is 2.32. The summed E-state index contributed by atoms with van der Waals surface area (Å²) in [5.74, 6) is 0.541. The second-order valence-corrected chi connectivity index (χ2v) is 6.48. The molecule has 112 valence electrons. The van der Waals surface area contributed by atoms with Crippen molar-refractivity contribution in [2.45, 2.75) is 25.5 Å². The van der Waals surface area contributed by atoms with Crippen LogP contribution in [0.2, 0.25) is 0 Å². The summed E-state index contributed by atoms with van der Waals surface area (Å²) in [6.07, 6.45) is 6.63. The smallest absolute Gasteiger partial charge is 0.138 e. The second-order valence-electron chi connectivity index (χ2n) is 5.23. The highest BCUT2D eigenvalue weighted by atomic mass is 127. The van der Waals surface area contributed by atoms with Gasteiger partial charge in [-0.25, -0.2) is 4.98 Å². The van der Waals surface area contributed by atoms with E-state index >= 15 is 0 Å². The molecule has 1 aromatic heterocycles. The molecule has 0 fully saturated rings. The molecule has 2 N–H and O–H groups in total. The fraction of sp³-hybridized carbons (Fsp3) is 0.312. The van der Waals surface area contributed by atoms with Crippen molar-refractivity contribution >= 4 is 28.7 Å². The standard InChI is InChI=1S/C16H19IN2O2/c1-12(21)15-18-9-10-19(15)16(2,11-20)8-7-13-3-5-14(17)6-4-13/h3-10,12,20-21H,11H2,1-2H3/b8-7+/t12-,16?/m0/s1. The maximum Gasteiger partial charge on any atom is 0.138 e. The summed E-state index contributed by atoms with van der Waals surface area (Å²) in [6.45, 7) is 3.49. The Morgan fingerprint density at radius 3 is 2.62 bits per heavy atom. The molecule has 21 heavy (non-hydrogen) atoms. The molecule has 0 aliphatic heterocycles. The zero-order valence-electron chi connectivity index (χ0n) is 12.1. The summed E-state index contributed by atoms with van der Waals surface area (Å²) in [5.41, 5.74) is 0.417. The number of benzene rings is 1. The molecule has 2 atom stereocenters. The van der Waals surface area contributed by atoms with Gasteiger partial charge < -0.3 is 14.8 Å². The van der Waals surface area contributed by atoms with E-state index in [0.717, 1.165) is 5.56 Å². The van der Waals surface area contributed by atoms with Gasteiger partial charge in [-0.1, -0.05) is 24.3 Å². The van der Waals surface area contributed by atoms with Crippen molar-refractivity contribution in [3.05, 3.63) is 57.7 Å². The van der Waals surface area contributed by atoms with Crippen LogP contribution in [0.25, 0.3) is 6.08 Å². The van der Waals surface area contributed by atoms with Crippen LogP contribution in [0.5, 0.6) is 0 Å². The molecule has 0 radical (unpaired) electrons. The number of halogens is 1. The molecule has 2 aromatic rings. The SMILES string of the molecule is C[C@H](O)c1nccn1C(C)(/C=C/c1ccc(I)cc1)CO. The molecule has 5 heteroatoms. The van der Waals surface area contributed by atoms with Crippen molar-refractivity contribution in [1.29, 1.82) is 0 Å². The molecular formula is C16H19IN2O2. The minimum absolute atomic E-state index is 0.0794. The highest BCUT2D eigenvalue weighted by Gasteiger charge is 2.26. The van der Waals surface area contributed by atoms with Gasteiger partial charge in [-0.3, -0.25) is 0 Å². The van der Waals surface area contributed by atoms with Crippen LogP contribution in [0, 0.1) is 3.57 Å². The van der Waals surface area contributed by atoms with E-state index in [1.807, 2.05) is 43.3 Å². The van der Waals surface area contributed by atoms with Crippen molar-refractivity contribution < 1.29 is 10.2 Å². The van der Waals surface area contributed by atoms with Gasteiger partial charge in [-0.2, -0.15) is 0 Å². The third kappa shape index (κ3) is 3.72. The first kappa shape index (κ1) is 16.2. The predicted molar refractivity (Wildman–Crippen MR) is 91.8 cm³/mol. The molecule has 1 aromatic carbocycles. The zero-order valence-corrected chi connectivity index (χ0v) is 14.2. The number of imidazole rings is 1. The molecule has 0 aliphatic carbocycles. The van der Waals surface area contributed by atoms with Gasteiger partial charge in [0.15, 0.2) is 0 Å². The van der Waals surface area contributed by atoms with Crippen molar-refractivity contribution in [1.82, 2.24) is 9.55 Å². The van der Waals surface area contributed by atoms with Gasteiger partial charge in [0, 0.05) is 16.0 Å². The third-order valence-electron chi connectivity index (χ3n) is 3.42. The highest BCUT2D eigenvalue weighted by molar-refractivity contribution is 14.1. The van der Waals surface area contributed by atoms with E-state index in [-0.39, 0.29) is 6.61 Å². The topological polar surface area (TPSA) is 58.3 Å². The third-order valence-corrected chi connectivity index (χ3v) is 4.14. The summed E-state index contributed by atoms with van der Waals surface area (Å²) in [6, 6.07) is 8.13. The number of aliphatic hydroxyl groups is 2.